The molecule has 2 atom stereocenters. The summed E-state index contributed by atoms with van der Waals surface area (Å²) >= 11 is 0. The number of hydrogen-bond acceptors (Lipinski definition) is 5. The van der Waals surface area contributed by atoms with Crippen molar-refractivity contribution in [2.24, 2.45) is 5.73 Å². The predicted octanol–water partition coefficient (Wildman–Crippen LogP) is 0.889. The number of carbonyl (C=O) groups is 2. The first kappa shape index (κ1) is 17.3. The molecule has 1 aromatic carbocycles. The van der Waals surface area contributed by atoms with E-state index in [0.717, 1.165) is 0 Å². The summed E-state index contributed by atoms with van der Waals surface area (Å²) in [4.78, 5) is 30.7. The van der Waals surface area contributed by atoms with Gasteiger partial charge in [-0.1, -0.05) is 12.1 Å². The Morgan fingerprint density at radius 2 is 1.81 bits per heavy atom. The van der Waals surface area contributed by atoms with Crippen molar-refractivity contribution in [2.75, 3.05) is 6.16 Å². The lowest BCUT2D eigenvalue weighted by molar-refractivity contribution is -0.138. The molecule has 8 nitrogen and oxygen atoms in total. The predicted molar refractivity (Wildman–Crippen MR) is 73.1 cm³/mol. The number of aliphatic carboxylic acids is 1. The van der Waals surface area contributed by atoms with Gasteiger partial charge in [-0.2, -0.15) is 0 Å². The first-order chi connectivity index (χ1) is 9.71. The topological polar surface area (TPSA) is 147 Å². The molecule has 1 aromatic rings. The molecule has 116 valence electrons. The second kappa shape index (κ2) is 7.33. The fourth-order valence-corrected chi connectivity index (χ4v) is 2.49. The van der Waals surface area contributed by atoms with Gasteiger partial charge in [0.25, 0.3) is 0 Å². The minimum absolute atomic E-state index is 0.0957. The maximum absolute atomic E-state index is 11.7. The first-order valence-corrected chi connectivity index (χ1v) is 7.74. The lowest BCUT2D eigenvalue weighted by atomic mass is 10.1. The monoisotopic (exact) mass is 317 g/mol. The van der Waals surface area contributed by atoms with Gasteiger partial charge in [-0.25, -0.2) is 4.79 Å². The van der Waals surface area contributed by atoms with Gasteiger partial charge in [0.1, 0.15) is 6.04 Å². The summed E-state index contributed by atoms with van der Waals surface area (Å²) < 4.78 is 16.5. The van der Waals surface area contributed by atoms with Gasteiger partial charge in [-0.05, 0) is 24.1 Å². The molecule has 0 aromatic heterocycles. The Kier molecular flexibility index (Phi) is 6.04. The Morgan fingerprint density at radius 3 is 2.29 bits per heavy atom. The Morgan fingerprint density at radius 1 is 1.24 bits per heavy atom. The number of carboxylic acid groups (broad SMARTS) is 2. The zero-order chi connectivity index (χ0) is 16.0. The molecule has 0 spiro atoms. The number of aromatic carboxylic acids is 1. The van der Waals surface area contributed by atoms with Crippen LogP contribution in [-0.2, 0) is 20.5 Å². The summed E-state index contributed by atoms with van der Waals surface area (Å²) in [5.74, 6) is -2.32. The van der Waals surface area contributed by atoms with Crippen molar-refractivity contribution >= 4 is 19.5 Å². The van der Waals surface area contributed by atoms with E-state index in [0.29, 0.717) is 5.56 Å². The summed E-state index contributed by atoms with van der Waals surface area (Å²) in [7, 11) is -3.94. The van der Waals surface area contributed by atoms with E-state index < -0.39 is 25.6 Å². The quantitative estimate of drug-likeness (QED) is 0.517. The Balaban J connectivity index is 2.51. The molecular formula is C12H16NO7P. The summed E-state index contributed by atoms with van der Waals surface area (Å²) in [5, 5.41) is 17.3. The number of benzene rings is 1. The van der Waals surface area contributed by atoms with Crippen LogP contribution in [0.4, 0.5) is 0 Å². The molecule has 0 aliphatic carbocycles. The fourth-order valence-electron chi connectivity index (χ4n) is 1.41. The molecule has 9 heteroatoms. The van der Waals surface area contributed by atoms with E-state index in [2.05, 4.69) is 0 Å². The highest BCUT2D eigenvalue weighted by atomic mass is 31.2. The van der Waals surface area contributed by atoms with Crippen LogP contribution in [0, 0.1) is 0 Å². The van der Waals surface area contributed by atoms with Crippen LogP contribution in [0.5, 0.6) is 0 Å². The third-order valence-corrected chi connectivity index (χ3v) is 4.03. The molecule has 0 radical (unpaired) electrons. The summed E-state index contributed by atoms with van der Waals surface area (Å²) in [5.41, 5.74) is 5.85. The van der Waals surface area contributed by atoms with E-state index in [9.17, 15) is 19.0 Å². The summed E-state index contributed by atoms with van der Waals surface area (Å²) in [6.45, 7) is -0.185. The average Bonchev–Trinajstić information content (AvgIpc) is 2.43. The van der Waals surface area contributed by atoms with Crippen LogP contribution in [-0.4, -0.2) is 39.2 Å². The van der Waals surface area contributed by atoms with Crippen molar-refractivity contribution in [3.8, 4) is 0 Å². The Bertz CT molecular complexity index is 557. The molecule has 21 heavy (non-hydrogen) atoms. The highest BCUT2D eigenvalue weighted by Gasteiger charge is 2.23. The molecule has 0 fully saturated rings. The van der Waals surface area contributed by atoms with Crippen molar-refractivity contribution in [3.63, 3.8) is 0 Å². The standard InChI is InChI=1S/C12H16NO7P/c13-10(12(16)17)5-6-21(18,19)20-7-8-1-3-9(4-2-8)11(14)15/h1-4,10H,5-7,13H2,(H,14,15)(H,16,17)(H,18,19). The molecular weight excluding hydrogens is 301 g/mol. The van der Waals surface area contributed by atoms with Gasteiger partial charge < -0.3 is 25.4 Å². The zero-order valence-electron chi connectivity index (χ0n) is 11.0. The normalized spacial score (nSPS) is 15.1. The van der Waals surface area contributed by atoms with E-state index in [-0.39, 0.29) is 24.8 Å². The Labute approximate surface area is 120 Å². The lowest BCUT2D eigenvalue weighted by Gasteiger charge is -2.13. The minimum Gasteiger partial charge on any atom is -0.480 e. The molecule has 0 heterocycles. The number of carboxylic acids is 2. The number of hydrogen-bond donors (Lipinski definition) is 4. The molecule has 5 N–H and O–H groups in total. The van der Waals surface area contributed by atoms with Crippen molar-refractivity contribution in [2.45, 2.75) is 19.1 Å². The smallest absolute Gasteiger partial charge is 0.335 e. The SMILES string of the molecule is NC(CCP(=O)(O)OCc1ccc(C(=O)O)cc1)C(=O)O. The van der Waals surface area contributed by atoms with Crippen LogP contribution >= 0.6 is 7.60 Å². The maximum atomic E-state index is 11.7. The van der Waals surface area contributed by atoms with Gasteiger partial charge in [-0.15, -0.1) is 0 Å². The third kappa shape index (κ3) is 6.05. The van der Waals surface area contributed by atoms with E-state index in [1.54, 1.807) is 0 Å². The molecule has 0 amide bonds. The number of rotatable bonds is 8. The van der Waals surface area contributed by atoms with Crippen LogP contribution in [0.2, 0.25) is 0 Å². The average molecular weight is 317 g/mol. The second-order valence-electron chi connectivity index (χ2n) is 4.37. The molecule has 0 bridgehead atoms. The van der Waals surface area contributed by atoms with E-state index >= 15 is 0 Å². The van der Waals surface area contributed by atoms with Gasteiger partial charge in [0.15, 0.2) is 0 Å². The molecule has 0 aliphatic rings. The molecule has 1 rings (SSSR count). The van der Waals surface area contributed by atoms with Crippen LogP contribution in [0.25, 0.3) is 0 Å². The minimum atomic E-state index is -3.94. The highest BCUT2D eigenvalue weighted by Crippen LogP contribution is 2.43. The van der Waals surface area contributed by atoms with Gasteiger partial charge in [0.05, 0.1) is 18.3 Å². The van der Waals surface area contributed by atoms with E-state index in [1.165, 1.54) is 24.3 Å². The first-order valence-electron chi connectivity index (χ1n) is 5.98. The van der Waals surface area contributed by atoms with Gasteiger partial charge in [0.2, 0.25) is 0 Å². The molecule has 0 aliphatic heterocycles. The third-order valence-electron chi connectivity index (χ3n) is 2.67. The lowest BCUT2D eigenvalue weighted by Crippen LogP contribution is -2.30. The van der Waals surface area contributed by atoms with Crippen LogP contribution in [0.3, 0.4) is 0 Å². The van der Waals surface area contributed by atoms with E-state index in [4.69, 9.17) is 20.5 Å². The summed E-state index contributed by atoms with van der Waals surface area (Å²) in [6.07, 6.45) is -0.547. The fraction of sp³-hybridized carbons (Fsp3) is 0.333. The van der Waals surface area contributed by atoms with Crippen LogP contribution in [0.1, 0.15) is 22.3 Å². The van der Waals surface area contributed by atoms with Crippen LogP contribution < -0.4 is 5.73 Å². The van der Waals surface area contributed by atoms with Crippen LogP contribution in [0.15, 0.2) is 24.3 Å². The molecule has 0 saturated carbocycles. The van der Waals surface area contributed by atoms with Gasteiger partial charge in [-0.3, -0.25) is 9.36 Å². The number of nitrogens with two attached hydrogens (primary N) is 1. The van der Waals surface area contributed by atoms with Crippen molar-refractivity contribution in [1.82, 2.24) is 0 Å². The Hall–Kier alpha value is -1.73. The van der Waals surface area contributed by atoms with Crippen molar-refractivity contribution in [1.29, 1.82) is 0 Å². The second-order valence-corrected chi connectivity index (χ2v) is 6.35. The van der Waals surface area contributed by atoms with Crippen molar-refractivity contribution < 1.29 is 33.8 Å². The summed E-state index contributed by atoms with van der Waals surface area (Å²) in [6, 6.07) is 4.41. The zero-order valence-corrected chi connectivity index (χ0v) is 11.9. The molecule has 2 unspecified atom stereocenters. The largest absolute Gasteiger partial charge is 0.480 e. The van der Waals surface area contributed by atoms with Gasteiger partial charge in [0, 0.05) is 0 Å². The van der Waals surface area contributed by atoms with E-state index in [1.807, 2.05) is 0 Å². The highest BCUT2D eigenvalue weighted by molar-refractivity contribution is 7.52. The van der Waals surface area contributed by atoms with Gasteiger partial charge >= 0.3 is 19.5 Å². The maximum Gasteiger partial charge on any atom is 0.335 e. The molecule has 0 saturated heterocycles. The van der Waals surface area contributed by atoms with Crippen molar-refractivity contribution in [3.05, 3.63) is 35.4 Å².